The maximum absolute atomic E-state index is 12.6. The Balaban J connectivity index is 2.42. The Bertz CT molecular complexity index is 1040. The van der Waals surface area contributed by atoms with E-state index < -0.39 is 33.8 Å². The van der Waals surface area contributed by atoms with Crippen molar-refractivity contribution in [3.05, 3.63) is 62.9 Å². The number of carbonyl (C=O) groups excluding carboxylic acids is 1. The molecule has 0 aliphatic carbocycles. The second-order valence-electron chi connectivity index (χ2n) is 5.76. The van der Waals surface area contributed by atoms with E-state index in [1.54, 1.807) is 37.3 Å². The number of rotatable bonds is 9. The average Bonchev–Trinajstić information content (AvgIpc) is 2.63. The lowest BCUT2D eigenvalue weighted by Gasteiger charge is -2.13. The fourth-order valence-corrected chi connectivity index (χ4v) is 3.61. The molecule has 10 nitrogen and oxygen atoms in total. The van der Waals surface area contributed by atoms with Gasteiger partial charge in [0.05, 0.1) is 12.4 Å². The third-order valence-electron chi connectivity index (χ3n) is 3.56. The van der Waals surface area contributed by atoms with Crippen molar-refractivity contribution in [2.45, 2.75) is 26.0 Å². The van der Waals surface area contributed by atoms with Crippen LogP contribution in [0.5, 0.6) is 0 Å². The Morgan fingerprint density at radius 2 is 1.86 bits per heavy atom. The first-order valence-corrected chi connectivity index (χ1v) is 9.96. The first-order valence-electron chi connectivity index (χ1n) is 8.30. The van der Waals surface area contributed by atoms with Crippen molar-refractivity contribution in [1.29, 1.82) is 0 Å². The van der Waals surface area contributed by atoms with Gasteiger partial charge < -0.3 is 9.47 Å². The third kappa shape index (κ3) is 5.54. The quantitative estimate of drug-likeness (QED) is 0.581. The van der Waals surface area contributed by atoms with Gasteiger partial charge in [0.25, 0.3) is 5.56 Å². The highest BCUT2D eigenvalue weighted by Crippen LogP contribution is 2.09. The van der Waals surface area contributed by atoms with Crippen molar-refractivity contribution >= 4 is 21.7 Å². The Kier molecular flexibility index (Phi) is 7.12. The van der Waals surface area contributed by atoms with Crippen molar-refractivity contribution in [2.75, 3.05) is 18.4 Å². The summed E-state index contributed by atoms with van der Waals surface area (Å²) in [7, 11) is -2.62. The predicted octanol–water partition coefficient (Wildman–Crippen LogP) is 0.119. The van der Waals surface area contributed by atoms with Gasteiger partial charge in [-0.2, -0.15) is 0 Å². The number of methoxy groups -OCH3 is 1. The minimum absolute atomic E-state index is 0.0727. The van der Waals surface area contributed by atoms with E-state index in [1.807, 2.05) is 0 Å². The molecule has 0 bridgehead atoms. The van der Waals surface area contributed by atoms with Crippen LogP contribution >= 0.6 is 0 Å². The van der Waals surface area contributed by atoms with Gasteiger partial charge in [-0.3, -0.25) is 18.9 Å². The minimum Gasteiger partial charge on any atom is -0.465 e. The number of nitrogens with zero attached hydrogens (tertiary/aromatic N) is 2. The second-order valence-corrected chi connectivity index (χ2v) is 7.48. The molecule has 2 aromatic rings. The summed E-state index contributed by atoms with van der Waals surface area (Å²) in [5.41, 5.74) is -1.64. The fraction of sp³-hybridized carbons (Fsp3) is 0.353. The number of ether oxygens (including phenoxy) is 2. The van der Waals surface area contributed by atoms with Crippen LogP contribution in [0.15, 0.2) is 46.1 Å². The first kappa shape index (κ1) is 21.4. The standard InChI is InChI=1S/C17H21N3O7S/c1-3-27-15(21)10-20-16(22)14(9-19(12-26-2)17(20)23)18-28(24,25)11-13-7-5-4-6-8-13/h4-9,18H,3,10-12H2,1-2H3. The van der Waals surface area contributed by atoms with Crippen LogP contribution in [0, 0.1) is 0 Å². The molecule has 2 rings (SSSR count). The van der Waals surface area contributed by atoms with Gasteiger partial charge in [-0.25, -0.2) is 17.8 Å². The largest absolute Gasteiger partial charge is 0.465 e. The number of nitrogens with one attached hydrogen (secondary N) is 1. The van der Waals surface area contributed by atoms with Gasteiger partial charge in [0, 0.05) is 13.3 Å². The van der Waals surface area contributed by atoms with Crippen molar-refractivity contribution < 1.29 is 22.7 Å². The van der Waals surface area contributed by atoms with Gasteiger partial charge in [0.1, 0.15) is 19.0 Å². The van der Waals surface area contributed by atoms with Gasteiger partial charge in [-0.1, -0.05) is 30.3 Å². The van der Waals surface area contributed by atoms with E-state index in [0.717, 1.165) is 10.8 Å². The molecule has 1 aromatic carbocycles. The minimum atomic E-state index is -3.95. The molecule has 0 unspecified atom stereocenters. The Hall–Kier alpha value is -2.92. The topological polar surface area (TPSA) is 126 Å². The zero-order chi connectivity index (χ0) is 20.7. The smallest absolute Gasteiger partial charge is 0.333 e. The molecule has 0 saturated heterocycles. The molecule has 0 radical (unpaired) electrons. The van der Waals surface area contributed by atoms with Crippen LogP contribution in [-0.2, 0) is 43.3 Å². The molecular weight excluding hydrogens is 390 g/mol. The molecule has 0 aliphatic heterocycles. The molecule has 0 aliphatic rings. The fourth-order valence-electron chi connectivity index (χ4n) is 2.43. The number of anilines is 1. The molecule has 152 valence electrons. The third-order valence-corrected chi connectivity index (χ3v) is 4.81. The molecule has 28 heavy (non-hydrogen) atoms. The maximum Gasteiger partial charge on any atom is 0.333 e. The maximum atomic E-state index is 12.6. The van der Waals surface area contributed by atoms with Crippen LogP contribution in [0.3, 0.4) is 0 Å². The highest BCUT2D eigenvalue weighted by atomic mass is 32.2. The monoisotopic (exact) mass is 411 g/mol. The van der Waals surface area contributed by atoms with Gasteiger partial charge in [-0.05, 0) is 12.5 Å². The summed E-state index contributed by atoms with van der Waals surface area (Å²) in [6.45, 7) is 0.764. The van der Waals surface area contributed by atoms with Gasteiger partial charge in [0.2, 0.25) is 10.0 Å². The Labute approximate surface area is 161 Å². The van der Waals surface area contributed by atoms with E-state index in [-0.39, 0.29) is 24.8 Å². The molecule has 0 amide bonds. The Morgan fingerprint density at radius 3 is 2.46 bits per heavy atom. The van der Waals surface area contributed by atoms with E-state index in [2.05, 4.69) is 4.72 Å². The number of hydrogen-bond acceptors (Lipinski definition) is 7. The lowest BCUT2D eigenvalue weighted by molar-refractivity contribution is -0.143. The van der Waals surface area contributed by atoms with Crippen molar-refractivity contribution in [3.8, 4) is 0 Å². The van der Waals surface area contributed by atoms with Crippen LogP contribution in [0.1, 0.15) is 12.5 Å². The second kappa shape index (κ2) is 9.33. The Morgan fingerprint density at radius 1 is 1.18 bits per heavy atom. The summed E-state index contributed by atoms with van der Waals surface area (Å²) < 4.78 is 38.3. The molecule has 0 fully saturated rings. The van der Waals surface area contributed by atoms with Gasteiger partial charge in [0.15, 0.2) is 0 Å². The molecule has 1 heterocycles. The van der Waals surface area contributed by atoms with E-state index in [1.165, 1.54) is 7.11 Å². The molecule has 11 heteroatoms. The lowest BCUT2D eigenvalue weighted by Crippen LogP contribution is -2.43. The summed E-state index contributed by atoms with van der Waals surface area (Å²) in [6.07, 6.45) is 1.04. The first-order chi connectivity index (χ1) is 13.3. The van der Waals surface area contributed by atoms with Crippen LogP contribution in [0.4, 0.5) is 5.69 Å². The summed E-state index contributed by atoms with van der Waals surface area (Å²) in [4.78, 5) is 36.7. The summed E-state index contributed by atoms with van der Waals surface area (Å²) in [5.74, 6) is -1.16. The molecule has 1 aromatic heterocycles. The van der Waals surface area contributed by atoms with Crippen LogP contribution in [0.25, 0.3) is 0 Å². The average molecular weight is 411 g/mol. The zero-order valence-electron chi connectivity index (χ0n) is 15.5. The number of aromatic nitrogens is 2. The number of benzene rings is 1. The number of sulfonamides is 1. The van der Waals surface area contributed by atoms with E-state index in [4.69, 9.17) is 9.47 Å². The van der Waals surface area contributed by atoms with E-state index in [9.17, 15) is 22.8 Å². The molecule has 1 N–H and O–H groups in total. The van der Waals surface area contributed by atoms with Gasteiger partial charge >= 0.3 is 11.7 Å². The highest BCUT2D eigenvalue weighted by molar-refractivity contribution is 7.91. The van der Waals surface area contributed by atoms with Crippen molar-refractivity contribution in [3.63, 3.8) is 0 Å². The number of hydrogen-bond donors (Lipinski definition) is 1. The molecule has 0 saturated carbocycles. The van der Waals surface area contributed by atoms with Crippen molar-refractivity contribution in [2.24, 2.45) is 0 Å². The molecular formula is C17H21N3O7S. The molecule has 0 spiro atoms. The van der Waals surface area contributed by atoms with Crippen LogP contribution in [0.2, 0.25) is 0 Å². The normalized spacial score (nSPS) is 11.2. The lowest BCUT2D eigenvalue weighted by atomic mass is 10.2. The number of esters is 1. The van der Waals surface area contributed by atoms with Crippen molar-refractivity contribution in [1.82, 2.24) is 9.13 Å². The van der Waals surface area contributed by atoms with E-state index >= 15 is 0 Å². The summed E-state index contributed by atoms with van der Waals surface area (Å²) in [5, 5.41) is 0. The van der Waals surface area contributed by atoms with Crippen LogP contribution in [-0.4, -0.2) is 37.2 Å². The number of carbonyl (C=O) groups is 1. The zero-order valence-corrected chi connectivity index (χ0v) is 16.3. The van der Waals surface area contributed by atoms with Gasteiger partial charge in [-0.15, -0.1) is 0 Å². The predicted molar refractivity (Wildman–Crippen MR) is 101 cm³/mol. The van der Waals surface area contributed by atoms with E-state index in [0.29, 0.717) is 10.1 Å². The SMILES string of the molecule is CCOC(=O)Cn1c(=O)c(NS(=O)(=O)Cc2ccccc2)cn(COC)c1=O. The summed E-state index contributed by atoms with van der Waals surface area (Å²) in [6, 6.07) is 8.39. The molecule has 0 atom stereocenters. The summed E-state index contributed by atoms with van der Waals surface area (Å²) >= 11 is 0. The van der Waals surface area contributed by atoms with Crippen LogP contribution < -0.4 is 16.0 Å². The highest BCUT2D eigenvalue weighted by Gasteiger charge is 2.19.